The predicted molar refractivity (Wildman–Crippen MR) is 135 cm³/mol. The van der Waals surface area contributed by atoms with Gasteiger partial charge in [-0.05, 0) is 37.7 Å². The number of nitrogens with one attached hydrogen (secondary N) is 1. The highest BCUT2D eigenvalue weighted by atomic mass is 127. The van der Waals surface area contributed by atoms with Crippen LogP contribution in [-0.2, 0) is 20.1 Å². The van der Waals surface area contributed by atoms with E-state index < -0.39 is 0 Å². The number of rotatable bonds is 9. The van der Waals surface area contributed by atoms with Crippen molar-refractivity contribution in [2.24, 2.45) is 12.0 Å². The zero-order valence-electron chi connectivity index (χ0n) is 19.3. The molecule has 168 valence electrons. The number of likely N-dealkylation sites (N-methyl/N-ethyl adjacent to an activating group) is 1. The average molecular weight is 528 g/mol. The Morgan fingerprint density at radius 3 is 2.63 bits per heavy atom. The minimum absolute atomic E-state index is 0. The van der Waals surface area contributed by atoms with Gasteiger partial charge in [-0.25, -0.2) is 0 Å². The summed E-state index contributed by atoms with van der Waals surface area (Å²) in [5, 5.41) is 8.05. The summed E-state index contributed by atoms with van der Waals surface area (Å²) in [7, 11) is 9.92. The maximum atomic E-state index is 5.84. The quantitative estimate of drug-likeness (QED) is 0.308. The Morgan fingerprint density at radius 2 is 2.00 bits per heavy atom. The number of aryl methyl sites for hydroxylation is 1. The second kappa shape index (κ2) is 12.8. The van der Waals surface area contributed by atoms with E-state index >= 15 is 0 Å². The molecule has 0 saturated carbocycles. The molecule has 0 radical (unpaired) electrons. The van der Waals surface area contributed by atoms with Gasteiger partial charge in [-0.1, -0.05) is 26.0 Å². The normalized spacial score (nSPS) is 11.6. The van der Waals surface area contributed by atoms with Crippen molar-refractivity contribution in [1.29, 1.82) is 0 Å². The van der Waals surface area contributed by atoms with Crippen molar-refractivity contribution in [2.45, 2.75) is 32.9 Å². The minimum Gasteiger partial charge on any atom is -0.492 e. The zero-order chi connectivity index (χ0) is 21.4. The number of hydrogen-bond acceptors (Lipinski definition) is 4. The summed E-state index contributed by atoms with van der Waals surface area (Å²) in [4.78, 5) is 8.67. The fraction of sp³-hybridized carbons (Fsp3) is 0.545. The first-order chi connectivity index (χ1) is 13.8. The van der Waals surface area contributed by atoms with E-state index in [1.54, 1.807) is 0 Å². The zero-order valence-corrected chi connectivity index (χ0v) is 21.7. The fourth-order valence-corrected chi connectivity index (χ4v) is 3.15. The largest absolute Gasteiger partial charge is 0.492 e. The molecule has 0 fully saturated rings. The number of ether oxygens (including phenoxy) is 1. The maximum Gasteiger partial charge on any atom is 0.193 e. The Kier molecular flexibility index (Phi) is 11.2. The second-order valence-corrected chi connectivity index (χ2v) is 7.92. The Bertz CT molecular complexity index is 803. The summed E-state index contributed by atoms with van der Waals surface area (Å²) in [5.41, 5.74) is 3.52. The summed E-state index contributed by atoms with van der Waals surface area (Å²) >= 11 is 0. The lowest BCUT2D eigenvalue weighted by Gasteiger charge is -2.22. The van der Waals surface area contributed by atoms with Gasteiger partial charge in [-0.2, -0.15) is 5.10 Å². The molecule has 0 bridgehead atoms. The van der Waals surface area contributed by atoms with Crippen LogP contribution in [0.5, 0.6) is 5.75 Å². The highest BCUT2D eigenvalue weighted by molar-refractivity contribution is 14.0. The lowest BCUT2D eigenvalue weighted by atomic mass is 10.1. The second-order valence-electron chi connectivity index (χ2n) is 7.92. The van der Waals surface area contributed by atoms with Crippen molar-refractivity contribution < 1.29 is 4.74 Å². The van der Waals surface area contributed by atoms with Crippen LogP contribution in [0.25, 0.3) is 0 Å². The number of benzene rings is 1. The first-order valence-corrected chi connectivity index (χ1v) is 10.1. The molecule has 1 aromatic heterocycles. The molecule has 1 aromatic carbocycles. The number of guanidine groups is 1. The van der Waals surface area contributed by atoms with Crippen LogP contribution in [0.2, 0.25) is 0 Å². The molecule has 0 amide bonds. The first kappa shape index (κ1) is 26.2. The molecule has 8 heteroatoms. The third kappa shape index (κ3) is 8.14. The predicted octanol–water partition coefficient (Wildman–Crippen LogP) is 3.31. The summed E-state index contributed by atoms with van der Waals surface area (Å²) in [6.45, 7) is 7.36. The van der Waals surface area contributed by atoms with Gasteiger partial charge in [0.15, 0.2) is 5.96 Å². The van der Waals surface area contributed by atoms with Crippen molar-refractivity contribution in [1.82, 2.24) is 24.9 Å². The standard InChI is InChI=1S/C22H36N6O.HI/c1-17(2)21-19(16-28(7)25-21)15-27(6)22(23-3)24-14-18-9-8-10-20(13-18)29-12-11-26(4)5;/h8-10,13,16-17H,11-12,14-15H2,1-7H3,(H,23,24);1H. The van der Waals surface area contributed by atoms with E-state index in [0.717, 1.165) is 36.1 Å². The number of aromatic nitrogens is 2. The molecule has 0 atom stereocenters. The van der Waals surface area contributed by atoms with Gasteiger partial charge in [0, 0.05) is 52.5 Å². The molecule has 0 aliphatic heterocycles. The third-order valence-corrected chi connectivity index (χ3v) is 4.62. The van der Waals surface area contributed by atoms with E-state index in [9.17, 15) is 0 Å². The molecule has 1 N–H and O–H groups in total. The lowest BCUT2D eigenvalue weighted by molar-refractivity contribution is 0.261. The fourth-order valence-electron chi connectivity index (χ4n) is 3.15. The Balaban J connectivity index is 0.00000450. The van der Waals surface area contributed by atoms with E-state index in [4.69, 9.17) is 4.74 Å². The van der Waals surface area contributed by atoms with Crippen LogP contribution >= 0.6 is 24.0 Å². The maximum absolute atomic E-state index is 5.84. The van der Waals surface area contributed by atoms with E-state index in [1.165, 1.54) is 5.56 Å². The van der Waals surface area contributed by atoms with Crippen molar-refractivity contribution in [3.05, 3.63) is 47.3 Å². The molecule has 2 aromatic rings. The van der Waals surface area contributed by atoms with Gasteiger partial charge in [0.25, 0.3) is 0 Å². The van der Waals surface area contributed by atoms with Gasteiger partial charge >= 0.3 is 0 Å². The Hall–Kier alpha value is -1.81. The van der Waals surface area contributed by atoms with Crippen LogP contribution in [0.4, 0.5) is 0 Å². The van der Waals surface area contributed by atoms with Gasteiger partial charge in [-0.3, -0.25) is 9.67 Å². The van der Waals surface area contributed by atoms with Gasteiger partial charge in [0.1, 0.15) is 12.4 Å². The van der Waals surface area contributed by atoms with Crippen LogP contribution in [-0.4, -0.2) is 66.9 Å². The van der Waals surface area contributed by atoms with Crippen LogP contribution in [0.15, 0.2) is 35.5 Å². The Morgan fingerprint density at radius 1 is 1.27 bits per heavy atom. The molecule has 0 aliphatic carbocycles. The number of hydrogen-bond donors (Lipinski definition) is 1. The minimum atomic E-state index is 0. The third-order valence-electron chi connectivity index (χ3n) is 4.62. The topological polar surface area (TPSA) is 57.9 Å². The number of aliphatic imine (C=N–C) groups is 1. The van der Waals surface area contributed by atoms with Crippen molar-refractivity contribution in [3.63, 3.8) is 0 Å². The molecule has 0 saturated heterocycles. The summed E-state index contributed by atoms with van der Waals surface area (Å²) < 4.78 is 7.72. The summed E-state index contributed by atoms with van der Waals surface area (Å²) in [5.74, 6) is 2.14. The molecule has 30 heavy (non-hydrogen) atoms. The molecule has 1 heterocycles. The van der Waals surface area contributed by atoms with Crippen LogP contribution in [0, 0.1) is 0 Å². The summed E-state index contributed by atoms with van der Waals surface area (Å²) in [6, 6.07) is 8.19. The molecule has 0 aliphatic rings. The van der Waals surface area contributed by atoms with Crippen LogP contribution in [0.1, 0.15) is 36.6 Å². The van der Waals surface area contributed by atoms with E-state index in [2.05, 4.69) is 57.4 Å². The lowest BCUT2D eigenvalue weighted by Crippen LogP contribution is -2.38. The van der Waals surface area contributed by atoms with E-state index in [1.807, 2.05) is 52.1 Å². The van der Waals surface area contributed by atoms with Crippen LogP contribution in [0.3, 0.4) is 0 Å². The van der Waals surface area contributed by atoms with Crippen molar-refractivity contribution >= 4 is 29.9 Å². The van der Waals surface area contributed by atoms with Gasteiger partial charge in [0.05, 0.1) is 5.69 Å². The molecule has 2 rings (SSSR count). The van der Waals surface area contributed by atoms with E-state index in [-0.39, 0.29) is 24.0 Å². The summed E-state index contributed by atoms with van der Waals surface area (Å²) in [6.07, 6.45) is 2.09. The van der Waals surface area contributed by atoms with E-state index in [0.29, 0.717) is 19.1 Å². The van der Waals surface area contributed by atoms with Crippen molar-refractivity contribution in [2.75, 3.05) is 41.3 Å². The van der Waals surface area contributed by atoms with Gasteiger partial charge in [0.2, 0.25) is 0 Å². The van der Waals surface area contributed by atoms with Gasteiger partial charge in [-0.15, -0.1) is 24.0 Å². The van der Waals surface area contributed by atoms with Gasteiger partial charge < -0.3 is 19.9 Å². The number of nitrogens with zero attached hydrogens (tertiary/aromatic N) is 5. The molecule has 7 nitrogen and oxygen atoms in total. The number of halogens is 1. The SMILES string of the molecule is CN=C(NCc1cccc(OCCN(C)C)c1)N(C)Cc1cn(C)nc1C(C)C.I. The average Bonchev–Trinajstić information content (AvgIpc) is 3.03. The molecular weight excluding hydrogens is 491 g/mol. The molecule has 0 spiro atoms. The first-order valence-electron chi connectivity index (χ1n) is 10.1. The molecule has 0 unspecified atom stereocenters. The Labute approximate surface area is 198 Å². The molecular formula is C22H37IN6O. The highest BCUT2D eigenvalue weighted by Gasteiger charge is 2.15. The van der Waals surface area contributed by atoms with Crippen LogP contribution < -0.4 is 10.1 Å². The smallest absolute Gasteiger partial charge is 0.193 e. The van der Waals surface area contributed by atoms with Crippen molar-refractivity contribution in [3.8, 4) is 5.75 Å². The highest BCUT2D eigenvalue weighted by Crippen LogP contribution is 2.19. The monoisotopic (exact) mass is 528 g/mol.